The second-order valence-electron chi connectivity index (χ2n) is 10.6. The maximum Gasteiger partial charge on any atom is 0.404 e. The first-order valence-electron chi connectivity index (χ1n) is 12.5. The van der Waals surface area contributed by atoms with Crippen LogP contribution in [0, 0.1) is 5.92 Å². The van der Waals surface area contributed by atoms with E-state index in [0.717, 1.165) is 11.1 Å². The van der Waals surface area contributed by atoms with E-state index in [1.807, 2.05) is 79.7 Å². The van der Waals surface area contributed by atoms with Gasteiger partial charge >= 0.3 is 6.09 Å². The van der Waals surface area contributed by atoms with Crippen molar-refractivity contribution in [1.29, 1.82) is 0 Å². The molecular formula is C29H43NO5Si. The van der Waals surface area contributed by atoms with Crippen LogP contribution >= 0.6 is 0 Å². The van der Waals surface area contributed by atoms with E-state index in [4.69, 9.17) is 24.4 Å². The fraction of sp³-hybridized carbons (Fsp3) is 0.483. The molecule has 3 atom stereocenters. The smallest absolute Gasteiger partial charge is 0.404 e. The minimum absolute atomic E-state index is 0.117. The normalized spacial score (nSPS) is 14.9. The third-order valence-corrected chi connectivity index (χ3v) is 11.1. The highest BCUT2D eigenvalue weighted by Gasteiger charge is 2.37. The molecular weight excluding hydrogens is 470 g/mol. The van der Waals surface area contributed by atoms with Crippen molar-refractivity contribution in [3.05, 3.63) is 83.9 Å². The maximum atomic E-state index is 11.8. The summed E-state index contributed by atoms with van der Waals surface area (Å²) in [6.07, 6.45) is 1.89. The van der Waals surface area contributed by atoms with Crippen molar-refractivity contribution in [2.24, 2.45) is 11.7 Å². The minimum Gasteiger partial charge on any atom is -0.443 e. The Balaban J connectivity index is 2.12. The maximum absolute atomic E-state index is 11.8. The van der Waals surface area contributed by atoms with Crippen molar-refractivity contribution in [3.8, 4) is 0 Å². The van der Waals surface area contributed by atoms with Gasteiger partial charge in [-0.25, -0.2) is 4.79 Å². The predicted octanol–water partition coefficient (Wildman–Crippen LogP) is 6.47. The Morgan fingerprint density at radius 3 is 2.06 bits per heavy atom. The molecule has 7 heteroatoms. The van der Waals surface area contributed by atoms with Crippen LogP contribution in [0.4, 0.5) is 4.79 Å². The van der Waals surface area contributed by atoms with Crippen LogP contribution in [0.15, 0.2) is 72.8 Å². The molecule has 0 spiro atoms. The number of rotatable bonds is 14. The standard InChI is InChI=1S/C29H43NO5Si/c1-23(20-32-21-24-14-9-7-10-15-24)27(35-28(30)31)26(33-22-25-16-11-8-12-17-25)18-13-19-34-36(5,6)29(2,3)4/h7-18,23,26-27H,19-22H2,1-6H3,(H2,30,31)/b18-13+/t23-,26-,27-/m0/s1. The molecule has 0 aliphatic carbocycles. The molecule has 0 aliphatic heterocycles. The summed E-state index contributed by atoms with van der Waals surface area (Å²) in [4.78, 5) is 11.8. The molecule has 0 aromatic heterocycles. The Hall–Kier alpha value is -2.45. The fourth-order valence-electron chi connectivity index (χ4n) is 3.36. The molecule has 0 unspecified atom stereocenters. The average molecular weight is 514 g/mol. The van der Waals surface area contributed by atoms with E-state index in [1.54, 1.807) is 0 Å². The zero-order valence-electron chi connectivity index (χ0n) is 22.6. The van der Waals surface area contributed by atoms with Gasteiger partial charge in [0.1, 0.15) is 12.2 Å². The van der Waals surface area contributed by atoms with E-state index in [0.29, 0.717) is 26.4 Å². The van der Waals surface area contributed by atoms with E-state index in [2.05, 4.69) is 33.9 Å². The van der Waals surface area contributed by atoms with Gasteiger partial charge in [-0.2, -0.15) is 0 Å². The molecule has 198 valence electrons. The predicted molar refractivity (Wildman–Crippen MR) is 147 cm³/mol. The largest absolute Gasteiger partial charge is 0.443 e. The molecule has 0 heterocycles. The molecule has 0 saturated heterocycles. The summed E-state index contributed by atoms with van der Waals surface area (Å²) in [6, 6.07) is 19.8. The van der Waals surface area contributed by atoms with Gasteiger partial charge in [0.05, 0.1) is 26.4 Å². The second kappa shape index (κ2) is 14.3. The third kappa shape index (κ3) is 10.3. The summed E-state index contributed by atoms with van der Waals surface area (Å²) < 4.78 is 24.0. The summed E-state index contributed by atoms with van der Waals surface area (Å²) in [7, 11) is -1.89. The van der Waals surface area contributed by atoms with Gasteiger partial charge in [0.25, 0.3) is 0 Å². The molecule has 0 fully saturated rings. The van der Waals surface area contributed by atoms with Crippen LogP contribution in [0.25, 0.3) is 0 Å². The number of primary amides is 1. The SMILES string of the molecule is C[C@@H](COCc1ccccc1)[C@H](OC(N)=O)[C@H](/C=C/CO[Si](C)(C)C(C)(C)C)OCc1ccccc1. The van der Waals surface area contributed by atoms with Crippen molar-refractivity contribution in [2.45, 2.75) is 71.2 Å². The molecule has 0 saturated carbocycles. The van der Waals surface area contributed by atoms with Gasteiger partial charge in [0.15, 0.2) is 8.32 Å². The highest BCUT2D eigenvalue weighted by molar-refractivity contribution is 6.74. The monoisotopic (exact) mass is 513 g/mol. The number of hydrogen-bond acceptors (Lipinski definition) is 5. The van der Waals surface area contributed by atoms with Gasteiger partial charge < -0.3 is 24.4 Å². The lowest BCUT2D eigenvalue weighted by Gasteiger charge is -2.35. The quantitative estimate of drug-likeness (QED) is 0.231. The van der Waals surface area contributed by atoms with Crippen LogP contribution < -0.4 is 5.73 Å². The van der Waals surface area contributed by atoms with Gasteiger partial charge in [-0.15, -0.1) is 0 Å². The molecule has 1 amide bonds. The summed E-state index contributed by atoms with van der Waals surface area (Å²) in [5.74, 6) is -0.159. The first-order valence-corrected chi connectivity index (χ1v) is 15.4. The molecule has 36 heavy (non-hydrogen) atoms. The number of amides is 1. The van der Waals surface area contributed by atoms with Gasteiger partial charge in [-0.05, 0) is 29.3 Å². The van der Waals surface area contributed by atoms with E-state index >= 15 is 0 Å². The summed E-state index contributed by atoms with van der Waals surface area (Å²) in [6.45, 7) is 14.7. The van der Waals surface area contributed by atoms with Crippen LogP contribution in [-0.4, -0.2) is 39.8 Å². The van der Waals surface area contributed by atoms with Crippen LogP contribution in [0.3, 0.4) is 0 Å². The zero-order valence-corrected chi connectivity index (χ0v) is 23.6. The van der Waals surface area contributed by atoms with Crippen LogP contribution in [0.2, 0.25) is 18.1 Å². The Kier molecular flexibility index (Phi) is 11.9. The molecule has 0 radical (unpaired) electrons. The average Bonchev–Trinajstić information content (AvgIpc) is 2.82. The van der Waals surface area contributed by atoms with Gasteiger partial charge in [-0.3, -0.25) is 0 Å². The summed E-state index contributed by atoms with van der Waals surface area (Å²) >= 11 is 0. The van der Waals surface area contributed by atoms with Crippen LogP contribution in [-0.2, 0) is 31.9 Å². The lowest BCUT2D eigenvalue weighted by Crippen LogP contribution is -2.41. The van der Waals surface area contributed by atoms with Crippen LogP contribution in [0.5, 0.6) is 0 Å². The minimum atomic E-state index is -1.89. The van der Waals surface area contributed by atoms with Gasteiger partial charge in [-0.1, -0.05) is 101 Å². The number of benzene rings is 2. The molecule has 0 aliphatic rings. The van der Waals surface area contributed by atoms with Gasteiger partial charge in [0.2, 0.25) is 0 Å². The molecule has 2 aromatic rings. The summed E-state index contributed by atoms with van der Waals surface area (Å²) in [5, 5.41) is 0.117. The Morgan fingerprint density at radius 2 is 1.53 bits per heavy atom. The lowest BCUT2D eigenvalue weighted by molar-refractivity contribution is -0.0641. The van der Waals surface area contributed by atoms with E-state index in [-0.39, 0.29) is 11.0 Å². The highest BCUT2D eigenvalue weighted by atomic mass is 28.4. The van der Waals surface area contributed by atoms with Crippen LogP contribution in [0.1, 0.15) is 38.8 Å². The fourth-order valence-corrected chi connectivity index (χ4v) is 4.31. The first kappa shape index (κ1) is 29.8. The van der Waals surface area contributed by atoms with Crippen molar-refractivity contribution in [3.63, 3.8) is 0 Å². The number of hydrogen-bond donors (Lipinski definition) is 1. The van der Waals surface area contributed by atoms with Gasteiger partial charge in [0, 0.05) is 5.92 Å². The molecule has 2 rings (SSSR count). The van der Waals surface area contributed by atoms with Crippen molar-refractivity contribution in [1.82, 2.24) is 0 Å². The molecule has 6 nitrogen and oxygen atoms in total. The number of carbonyl (C=O) groups excluding carboxylic acids is 1. The van der Waals surface area contributed by atoms with Crippen molar-refractivity contribution < 1.29 is 23.4 Å². The number of nitrogens with two attached hydrogens (primary N) is 1. The lowest BCUT2D eigenvalue weighted by atomic mass is 9.99. The molecule has 0 bridgehead atoms. The first-order chi connectivity index (χ1) is 17.0. The number of ether oxygens (including phenoxy) is 3. The van der Waals surface area contributed by atoms with E-state index < -0.39 is 26.6 Å². The topological polar surface area (TPSA) is 80.0 Å². The van der Waals surface area contributed by atoms with Crippen molar-refractivity contribution in [2.75, 3.05) is 13.2 Å². The number of carbonyl (C=O) groups is 1. The Morgan fingerprint density at radius 1 is 0.972 bits per heavy atom. The second-order valence-corrected chi connectivity index (χ2v) is 15.4. The third-order valence-electron chi connectivity index (χ3n) is 6.59. The Labute approximate surface area is 217 Å². The zero-order chi connectivity index (χ0) is 26.6. The summed E-state index contributed by atoms with van der Waals surface area (Å²) in [5.41, 5.74) is 7.56. The molecule has 2 aromatic carbocycles. The molecule has 2 N–H and O–H groups in total. The Bertz CT molecular complexity index is 928. The van der Waals surface area contributed by atoms with E-state index in [9.17, 15) is 4.79 Å². The van der Waals surface area contributed by atoms with Crippen molar-refractivity contribution >= 4 is 14.4 Å². The van der Waals surface area contributed by atoms with E-state index in [1.165, 1.54) is 0 Å². The highest BCUT2D eigenvalue weighted by Crippen LogP contribution is 2.36.